The second-order valence-corrected chi connectivity index (χ2v) is 3.82. The summed E-state index contributed by atoms with van der Waals surface area (Å²) in [5.74, 6) is 0. The van der Waals surface area contributed by atoms with Crippen LogP contribution in [0.15, 0.2) is 5.22 Å². The zero-order valence-electron chi connectivity index (χ0n) is 7.59. The van der Waals surface area contributed by atoms with Crippen LogP contribution < -0.4 is 16.5 Å². The normalized spacial score (nSPS) is 6.71. The average molecular weight is 401 g/mol. The molecular formula is C2H5MoN6O4S4-. The van der Waals surface area contributed by atoms with Crippen molar-refractivity contribution in [3.63, 3.8) is 0 Å². The predicted octanol–water partition coefficient (Wildman–Crippen LogP) is 0.00910. The third-order valence-electron chi connectivity index (χ3n) is 0.370. The SMILES string of the molecule is ONONC(=S)S.[N-]=[N+]=NNC(=S)[S-].[O]=[Mo]=[O]. The molecule has 0 unspecified atom stereocenters. The van der Waals surface area contributed by atoms with Crippen molar-refractivity contribution in [2.45, 2.75) is 0 Å². The second kappa shape index (κ2) is 21.1. The van der Waals surface area contributed by atoms with E-state index in [1.807, 2.05) is 10.9 Å². The molecule has 0 aliphatic rings. The Labute approximate surface area is 125 Å². The van der Waals surface area contributed by atoms with E-state index >= 15 is 0 Å². The minimum absolute atomic E-state index is 0.0535. The van der Waals surface area contributed by atoms with Crippen LogP contribution in [-0.2, 0) is 42.9 Å². The summed E-state index contributed by atoms with van der Waals surface area (Å²) in [6, 6.07) is 0. The topological polar surface area (TPSA) is 148 Å². The average Bonchev–Trinajstić information content (AvgIpc) is 2.25. The quantitative estimate of drug-likeness (QED) is 0.0640. The van der Waals surface area contributed by atoms with Crippen LogP contribution in [0.25, 0.3) is 10.4 Å². The van der Waals surface area contributed by atoms with Crippen molar-refractivity contribution in [3.05, 3.63) is 10.4 Å². The Morgan fingerprint density at radius 3 is 2.18 bits per heavy atom. The van der Waals surface area contributed by atoms with E-state index in [0.29, 0.717) is 0 Å². The number of thiol groups is 1. The molecule has 0 amide bonds. The van der Waals surface area contributed by atoms with Gasteiger partial charge >= 0.3 is 25.3 Å². The summed E-state index contributed by atoms with van der Waals surface area (Å²) in [5, 5.41) is 10.5. The van der Waals surface area contributed by atoms with Crippen LogP contribution >= 0.6 is 37.1 Å². The van der Waals surface area contributed by atoms with E-state index < -0.39 is 18.5 Å². The van der Waals surface area contributed by atoms with Crippen molar-refractivity contribution < 1.29 is 35.4 Å². The number of nitrogens with one attached hydrogen (secondary N) is 3. The van der Waals surface area contributed by atoms with E-state index in [-0.39, 0.29) is 8.64 Å². The first-order valence-corrected chi connectivity index (χ1v) is 6.24. The molecule has 0 rings (SSSR count). The molecule has 0 aromatic heterocycles. The molecule has 0 saturated carbocycles. The van der Waals surface area contributed by atoms with Crippen molar-refractivity contribution in [2.75, 3.05) is 0 Å². The summed E-state index contributed by atoms with van der Waals surface area (Å²) in [5.41, 5.74) is 13.0. The molecule has 0 radical (unpaired) electrons. The molecule has 10 nitrogen and oxygen atoms in total. The number of hydroxylamine groups is 1. The van der Waals surface area contributed by atoms with Crippen molar-refractivity contribution in [1.29, 1.82) is 0 Å². The minimum atomic E-state index is -2.03. The van der Waals surface area contributed by atoms with Gasteiger partial charge in [0.15, 0.2) is 4.32 Å². The Bertz CT molecular complexity index is 302. The van der Waals surface area contributed by atoms with Gasteiger partial charge in [0, 0.05) is 4.32 Å². The second-order valence-electron chi connectivity index (χ2n) is 1.26. The molecule has 15 heteroatoms. The fourth-order valence-electron chi connectivity index (χ4n) is 0.130. The van der Waals surface area contributed by atoms with Crippen molar-refractivity contribution in [3.8, 4) is 0 Å². The monoisotopic (exact) mass is 403 g/mol. The van der Waals surface area contributed by atoms with E-state index in [9.17, 15) is 0 Å². The first-order chi connectivity index (χ1) is 7.95. The molecule has 0 aliphatic carbocycles. The van der Waals surface area contributed by atoms with E-state index in [1.165, 1.54) is 5.64 Å². The van der Waals surface area contributed by atoms with Crippen molar-refractivity contribution >= 4 is 58.3 Å². The van der Waals surface area contributed by atoms with Crippen LogP contribution in [0, 0.1) is 0 Å². The van der Waals surface area contributed by atoms with Gasteiger partial charge in [0.2, 0.25) is 0 Å². The number of thiocarbonyl (C=S) groups is 2. The molecule has 4 N–H and O–H groups in total. The van der Waals surface area contributed by atoms with Crippen molar-refractivity contribution in [1.82, 2.24) is 16.5 Å². The van der Waals surface area contributed by atoms with Gasteiger partial charge in [-0.05, 0) is 5.22 Å². The molecule has 0 atom stereocenters. The Morgan fingerprint density at radius 2 is 2.06 bits per heavy atom. The van der Waals surface area contributed by atoms with E-state index in [0.717, 1.165) is 0 Å². The third kappa shape index (κ3) is 49.4. The van der Waals surface area contributed by atoms with Crippen molar-refractivity contribution in [2.24, 2.45) is 5.22 Å². The number of hydrogen-bond acceptors (Lipinski definition) is 9. The molecule has 0 bridgehead atoms. The zero-order chi connectivity index (χ0) is 14.1. The standard InChI is InChI=1S/CH2N4S2.CH4N2O2S2.Mo.2O/c2-4-5-3-1(6)7;4-3-5-2-1(6)7;;;/h(H2,3,6,7);3-4H,(H2,2,6,7);;;/p-1. The van der Waals surface area contributed by atoms with E-state index in [2.05, 4.69) is 64.8 Å². The molecule has 98 valence electrons. The number of azide groups is 1. The maximum atomic E-state index is 8.50. The van der Waals surface area contributed by atoms with Gasteiger partial charge in [0.25, 0.3) is 0 Å². The van der Waals surface area contributed by atoms with Crippen LogP contribution in [0.5, 0.6) is 0 Å². The van der Waals surface area contributed by atoms with Crippen LogP contribution in [0.3, 0.4) is 0 Å². The molecule has 0 aromatic rings. The zero-order valence-corrected chi connectivity index (χ0v) is 12.9. The molecule has 0 aliphatic heterocycles. The summed E-state index contributed by atoms with van der Waals surface area (Å²) in [6.45, 7) is 0. The van der Waals surface area contributed by atoms with Gasteiger partial charge in [-0.3, -0.25) is 5.21 Å². The van der Waals surface area contributed by atoms with Gasteiger partial charge in [0.05, 0.1) is 0 Å². The van der Waals surface area contributed by atoms with Gasteiger partial charge < -0.3 is 24.8 Å². The van der Waals surface area contributed by atoms with Gasteiger partial charge in [0.1, 0.15) is 0 Å². The Balaban J connectivity index is -0.000000188. The molecule has 17 heavy (non-hydrogen) atoms. The summed E-state index contributed by atoms with van der Waals surface area (Å²) in [7, 11) is 0. The summed E-state index contributed by atoms with van der Waals surface area (Å²) in [6.07, 6.45) is 0. The van der Waals surface area contributed by atoms with Crippen LogP contribution in [0.2, 0.25) is 0 Å². The number of rotatable bonds is 3. The summed E-state index contributed by atoms with van der Waals surface area (Å²) in [4.78, 5) is 6.27. The first kappa shape index (κ1) is 22.0. The van der Waals surface area contributed by atoms with Crippen LogP contribution in [0.4, 0.5) is 0 Å². The fraction of sp³-hybridized carbons (Fsp3) is 0. The first-order valence-electron chi connectivity index (χ1n) is 2.92. The Morgan fingerprint density at radius 1 is 1.59 bits per heavy atom. The van der Waals surface area contributed by atoms with Crippen LogP contribution in [-0.4, -0.2) is 13.8 Å². The fourth-order valence-corrected chi connectivity index (χ4v) is 0.299. The van der Waals surface area contributed by atoms with Gasteiger partial charge in [-0.1, -0.05) is 17.9 Å². The Hall–Kier alpha value is -0.172. The summed E-state index contributed by atoms with van der Waals surface area (Å²) >= 11 is 14.5. The number of hydrogen-bond donors (Lipinski definition) is 5. The summed E-state index contributed by atoms with van der Waals surface area (Å²) < 4.78 is 17.2. The molecular weight excluding hydrogens is 396 g/mol. The third-order valence-corrected chi connectivity index (χ3v) is 0.727. The molecule has 0 spiro atoms. The Kier molecular flexibility index (Phi) is 27.4. The van der Waals surface area contributed by atoms with Gasteiger partial charge in [-0.2, -0.15) is 9.85 Å². The number of nitrogens with zero attached hydrogens (tertiary/aromatic N) is 3. The molecule has 0 saturated heterocycles. The maximum absolute atomic E-state index is 8.50. The van der Waals surface area contributed by atoms with Gasteiger partial charge in [-0.25, -0.2) is 10.9 Å². The van der Waals surface area contributed by atoms with Gasteiger partial charge in [-0.15, -0.1) is 18.2 Å². The van der Waals surface area contributed by atoms with E-state index in [4.69, 9.17) is 17.5 Å². The van der Waals surface area contributed by atoms with E-state index in [1.54, 1.807) is 0 Å². The predicted molar refractivity (Wildman–Crippen MR) is 64.3 cm³/mol. The molecule has 0 aromatic carbocycles. The molecule has 0 fully saturated rings. The van der Waals surface area contributed by atoms with Crippen LogP contribution in [0.1, 0.15) is 0 Å². The molecule has 0 heterocycles.